The Hall–Kier alpha value is -0.990. The molecule has 0 spiro atoms. The second kappa shape index (κ2) is 6.41. The zero-order valence-corrected chi connectivity index (χ0v) is 13.6. The molecule has 0 amide bonds. The zero-order chi connectivity index (χ0) is 14.7. The van der Waals surface area contributed by atoms with Crippen molar-refractivity contribution in [2.24, 2.45) is 0 Å². The van der Waals surface area contributed by atoms with Crippen molar-refractivity contribution in [3.8, 4) is 0 Å². The number of aliphatic hydroxyl groups excluding tert-OH is 1. The van der Waals surface area contributed by atoms with Crippen LogP contribution < -0.4 is 10.6 Å². The average molecular weight is 317 g/mol. The molecule has 2 aromatic rings. The van der Waals surface area contributed by atoms with E-state index in [-0.39, 0.29) is 6.10 Å². The van der Waals surface area contributed by atoms with Crippen LogP contribution in [0.5, 0.6) is 0 Å². The molecule has 1 saturated heterocycles. The monoisotopic (exact) mass is 317 g/mol. The Bertz CT molecular complexity index is 580. The van der Waals surface area contributed by atoms with E-state index in [1.807, 2.05) is 12.1 Å². The fourth-order valence-electron chi connectivity index (χ4n) is 2.87. The van der Waals surface area contributed by atoms with Gasteiger partial charge in [0.2, 0.25) is 0 Å². The second-order valence-electron chi connectivity index (χ2n) is 5.43. The summed E-state index contributed by atoms with van der Waals surface area (Å²) in [7, 11) is 0. The van der Waals surface area contributed by atoms with Crippen molar-refractivity contribution >= 4 is 28.6 Å². The molecule has 1 heterocycles. The van der Waals surface area contributed by atoms with Crippen molar-refractivity contribution in [1.82, 2.24) is 4.67 Å². The fraction of sp³-hybridized carbons (Fsp3) is 0.294. The van der Waals surface area contributed by atoms with Gasteiger partial charge < -0.3 is 5.11 Å². The molecule has 110 valence electrons. The number of hydrogen-bond acceptors (Lipinski definition) is 2. The van der Waals surface area contributed by atoms with Crippen LogP contribution in [0, 0.1) is 0 Å². The van der Waals surface area contributed by atoms with Gasteiger partial charge in [-0.25, -0.2) is 0 Å². The Morgan fingerprint density at radius 2 is 1.29 bits per heavy atom. The highest BCUT2D eigenvalue weighted by atomic mass is 32.4. The maximum atomic E-state index is 9.79. The van der Waals surface area contributed by atoms with Gasteiger partial charge in [0.1, 0.15) is 0 Å². The van der Waals surface area contributed by atoms with Crippen LogP contribution in [-0.4, -0.2) is 29.0 Å². The maximum absolute atomic E-state index is 9.79. The normalized spacial score (nSPS) is 17.8. The van der Waals surface area contributed by atoms with Gasteiger partial charge in [-0.3, -0.25) is 4.67 Å². The number of aliphatic hydroxyl groups is 1. The van der Waals surface area contributed by atoms with Gasteiger partial charge in [-0.1, -0.05) is 72.5 Å². The molecule has 0 radical (unpaired) electrons. The fourth-order valence-corrected chi connectivity index (χ4v) is 6.99. The third kappa shape index (κ3) is 2.97. The van der Waals surface area contributed by atoms with Crippen molar-refractivity contribution in [3.63, 3.8) is 0 Å². The van der Waals surface area contributed by atoms with Crippen molar-refractivity contribution in [2.75, 3.05) is 13.1 Å². The number of piperidine rings is 1. The number of hydrogen-bond donors (Lipinski definition) is 1. The third-order valence-electron chi connectivity index (χ3n) is 4.05. The molecular weight excluding hydrogens is 297 g/mol. The quantitative estimate of drug-likeness (QED) is 0.880. The summed E-state index contributed by atoms with van der Waals surface area (Å²) in [6, 6.07) is 20.9. The van der Waals surface area contributed by atoms with Gasteiger partial charge in [0.25, 0.3) is 0 Å². The van der Waals surface area contributed by atoms with Crippen LogP contribution in [0.25, 0.3) is 0 Å². The van der Waals surface area contributed by atoms with E-state index in [1.165, 1.54) is 10.6 Å². The topological polar surface area (TPSA) is 23.5 Å². The Morgan fingerprint density at radius 3 is 1.71 bits per heavy atom. The van der Waals surface area contributed by atoms with E-state index >= 15 is 0 Å². The number of nitrogens with zero attached hydrogens (tertiary/aromatic N) is 1. The number of benzene rings is 2. The molecule has 2 nitrogen and oxygen atoms in total. The largest absolute Gasteiger partial charge is 0.393 e. The molecular formula is C17H20NOPS. The number of rotatable bonds is 3. The van der Waals surface area contributed by atoms with Gasteiger partial charge in [0, 0.05) is 23.7 Å². The molecule has 1 N–H and O–H groups in total. The summed E-state index contributed by atoms with van der Waals surface area (Å²) in [4.78, 5) is 0. The lowest BCUT2D eigenvalue weighted by atomic mass is 10.1. The first kappa shape index (κ1) is 14.9. The lowest BCUT2D eigenvalue weighted by Crippen LogP contribution is -2.39. The van der Waals surface area contributed by atoms with E-state index in [0.29, 0.717) is 0 Å². The summed E-state index contributed by atoms with van der Waals surface area (Å²) in [5.41, 5.74) is 0. The first-order valence-electron chi connectivity index (χ1n) is 7.36. The van der Waals surface area contributed by atoms with Crippen molar-refractivity contribution in [3.05, 3.63) is 60.7 Å². The SMILES string of the molecule is OC1CCN(P(=S)(c2ccccc2)c2ccccc2)CC1. The van der Waals surface area contributed by atoms with Gasteiger partial charge in [0.15, 0.2) is 0 Å². The molecule has 0 bridgehead atoms. The molecule has 0 atom stereocenters. The molecule has 1 aliphatic rings. The van der Waals surface area contributed by atoms with Crippen LogP contribution in [0.4, 0.5) is 0 Å². The van der Waals surface area contributed by atoms with Crippen LogP contribution in [-0.2, 0) is 11.8 Å². The minimum absolute atomic E-state index is 0.170. The average Bonchev–Trinajstić information content (AvgIpc) is 2.56. The van der Waals surface area contributed by atoms with Gasteiger partial charge >= 0.3 is 0 Å². The molecule has 4 heteroatoms. The van der Waals surface area contributed by atoms with E-state index in [9.17, 15) is 5.11 Å². The third-order valence-corrected chi connectivity index (χ3v) is 9.20. The molecule has 2 aromatic carbocycles. The molecule has 1 aliphatic heterocycles. The highest BCUT2D eigenvalue weighted by Crippen LogP contribution is 2.49. The van der Waals surface area contributed by atoms with E-state index in [2.05, 4.69) is 53.2 Å². The molecule has 1 fully saturated rings. The lowest BCUT2D eigenvalue weighted by molar-refractivity contribution is 0.115. The summed E-state index contributed by atoms with van der Waals surface area (Å²) in [5, 5.41) is 12.3. The van der Waals surface area contributed by atoms with Crippen molar-refractivity contribution in [1.29, 1.82) is 0 Å². The molecule has 3 rings (SSSR count). The summed E-state index contributed by atoms with van der Waals surface area (Å²) < 4.78 is 2.43. The van der Waals surface area contributed by atoms with E-state index in [1.54, 1.807) is 0 Å². The standard InChI is InChI=1S/C17H20NOPS/c19-15-11-13-18(14-12-15)20(21,16-7-3-1-4-8-16)17-9-5-2-6-10-17/h1-10,15,19H,11-14H2. The Morgan fingerprint density at radius 1 is 0.857 bits per heavy atom. The molecule has 0 aromatic heterocycles. The molecule has 21 heavy (non-hydrogen) atoms. The highest BCUT2D eigenvalue weighted by Gasteiger charge is 2.32. The Kier molecular flexibility index (Phi) is 4.56. The molecule has 0 unspecified atom stereocenters. The lowest BCUT2D eigenvalue weighted by Gasteiger charge is -2.39. The predicted octanol–water partition coefficient (Wildman–Crippen LogP) is 2.49. The Balaban J connectivity index is 2.06. The summed E-state index contributed by atoms with van der Waals surface area (Å²) in [6.45, 7) is 1.75. The minimum atomic E-state index is -1.97. The van der Waals surface area contributed by atoms with E-state index in [0.717, 1.165) is 25.9 Å². The minimum Gasteiger partial charge on any atom is -0.393 e. The highest BCUT2D eigenvalue weighted by molar-refractivity contribution is 8.20. The first-order chi connectivity index (χ1) is 10.2. The predicted molar refractivity (Wildman–Crippen MR) is 93.3 cm³/mol. The zero-order valence-electron chi connectivity index (χ0n) is 11.9. The van der Waals surface area contributed by atoms with Gasteiger partial charge in [-0.05, 0) is 12.8 Å². The smallest absolute Gasteiger partial charge is 0.0709 e. The molecule has 0 saturated carbocycles. The maximum Gasteiger partial charge on any atom is 0.0709 e. The van der Waals surface area contributed by atoms with Crippen LogP contribution >= 0.6 is 6.19 Å². The van der Waals surface area contributed by atoms with Gasteiger partial charge in [0.05, 0.1) is 12.3 Å². The van der Waals surface area contributed by atoms with E-state index < -0.39 is 6.19 Å². The van der Waals surface area contributed by atoms with Crippen LogP contribution in [0.15, 0.2) is 60.7 Å². The first-order valence-corrected chi connectivity index (χ1v) is 10.1. The molecule has 0 aliphatic carbocycles. The van der Waals surface area contributed by atoms with E-state index in [4.69, 9.17) is 11.8 Å². The van der Waals surface area contributed by atoms with Crippen LogP contribution in [0.3, 0.4) is 0 Å². The summed E-state index contributed by atoms with van der Waals surface area (Å²) >= 11 is 6.25. The van der Waals surface area contributed by atoms with Crippen molar-refractivity contribution < 1.29 is 5.11 Å². The summed E-state index contributed by atoms with van der Waals surface area (Å²) in [6.07, 6.45) is -0.506. The summed E-state index contributed by atoms with van der Waals surface area (Å²) in [5.74, 6) is 0. The Labute approximate surface area is 131 Å². The van der Waals surface area contributed by atoms with Crippen LogP contribution in [0.2, 0.25) is 0 Å². The van der Waals surface area contributed by atoms with Crippen LogP contribution in [0.1, 0.15) is 12.8 Å². The van der Waals surface area contributed by atoms with Crippen molar-refractivity contribution in [2.45, 2.75) is 18.9 Å². The second-order valence-corrected chi connectivity index (χ2v) is 9.77. The van der Waals surface area contributed by atoms with Gasteiger partial charge in [-0.2, -0.15) is 0 Å². The van der Waals surface area contributed by atoms with Gasteiger partial charge in [-0.15, -0.1) is 0 Å².